The Morgan fingerprint density at radius 3 is 2.78 bits per heavy atom. The van der Waals surface area contributed by atoms with Crippen molar-refractivity contribution in [2.24, 2.45) is 0 Å². The normalized spacial score (nSPS) is 17.4. The van der Waals surface area contributed by atoms with E-state index < -0.39 is 0 Å². The van der Waals surface area contributed by atoms with Crippen molar-refractivity contribution in [3.8, 4) is 0 Å². The van der Waals surface area contributed by atoms with Crippen molar-refractivity contribution in [1.29, 1.82) is 0 Å². The molecule has 2 aliphatic rings. The molecule has 0 bridgehead atoms. The van der Waals surface area contributed by atoms with E-state index in [1.54, 1.807) is 0 Å². The Labute approximate surface area is 161 Å². The van der Waals surface area contributed by atoms with Crippen molar-refractivity contribution in [1.82, 2.24) is 15.2 Å². The van der Waals surface area contributed by atoms with E-state index in [0.29, 0.717) is 6.54 Å². The van der Waals surface area contributed by atoms with E-state index in [1.165, 1.54) is 17.5 Å². The number of hydrogen-bond acceptors (Lipinski definition) is 4. The van der Waals surface area contributed by atoms with Crippen molar-refractivity contribution in [2.45, 2.75) is 32.2 Å². The number of aryl methyl sites for hydroxylation is 2. The molecule has 1 aliphatic heterocycles. The van der Waals surface area contributed by atoms with Crippen LogP contribution in [-0.4, -0.2) is 49.0 Å². The number of hydrogen-bond donors (Lipinski definition) is 1. The minimum Gasteiger partial charge on any atom is -0.355 e. The summed E-state index contributed by atoms with van der Waals surface area (Å²) in [6.07, 6.45) is 6.48. The SMILES string of the molecule is CN1CCCN(c2ccc(CNC(=O)c3ccc4c(c3)CCC4)cn2)CC1. The lowest BCUT2D eigenvalue weighted by molar-refractivity contribution is 0.0951. The highest BCUT2D eigenvalue weighted by Crippen LogP contribution is 2.22. The van der Waals surface area contributed by atoms with E-state index in [9.17, 15) is 4.79 Å². The number of anilines is 1. The van der Waals surface area contributed by atoms with Crippen LogP contribution in [0.25, 0.3) is 0 Å². The van der Waals surface area contributed by atoms with Crippen LogP contribution in [0.1, 0.15) is 39.9 Å². The molecule has 0 unspecified atom stereocenters. The van der Waals surface area contributed by atoms with Gasteiger partial charge in [-0.25, -0.2) is 4.98 Å². The highest BCUT2D eigenvalue weighted by atomic mass is 16.1. The zero-order valence-electron chi connectivity index (χ0n) is 16.1. The number of rotatable bonds is 4. The molecule has 1 aliphatic carbocycles. The summed E-state index contributed by atoms with van der Waals surface area (Å²) in [7, 11) is 2.17. The fourth-order valence-corrected chi connectivity index (χ4v) is 3.98. The number of likely N-dealkylation sites (N-methyl/N-ethyl adjacent to an activating group) is 1. The van der Waals surface area contributed by atoms with Gasteiger partial charge in [0.15, 0.2) is 0 Å². The van der Waals surface area contributed by atoms with Gasteiger partial charge in [-0.05, 0) is 74.2 Å². The van der Waals surface area contributed by atoms with Gasteiger partial charge in [0.05, 0.1) is 0 Å². The van der Waals surface area contributed by atoms with Crippen LogP contribution in [0.3, 0.4) is 0 Å². The monoisotopic (exact) mass is 364 g/mol. The smallest absolute Gasteiger partial charge is 0.251 e. The second kappa shape index (κ2) is 8.09. The molecule has 1 saturated heterocycles. The predicted octanol–water partition coefficient (Wildman–Crippen LogP) is 2.64. The number of pyridine rings is 1. The molecule has 27 heavy (non-hydrogen) atoms. The van der Waals surface area contributed by atoms with Gasteiger partial charge < -0.3 is 15.1 Å². The molecule has 5 heteroatoms. The Hall–Kier alpha value is -2.40. The lowest BCUT2D eigenvalue weighted by Gasteiger charge is -2.21. The van der Waals surface area contributed by atoms with Crippen LogP contribution < -0.4 is 10.2 Å². The maximum atomic E-state index is 12.5. The van der Waals surface area contributed by atoms with Crippen molar-refractivity contribution >= 4 is 11.7 Å². The van der Waals surface area contributed by atoms with Crippen molar-refractivity contribution in [2.75, 3.05) is 38.1 Å². The molecule has 142 valence electrons. The van der Waals surface area contributed by atoms with E-state index in [0.717, 1.165) is 62.4 Å². The number of benzene rings is 1. The van der Waals surface area contributed by atoms with Crippen LogP contribution in [0.4, 0.5) is 5.82 Å². The van der Waals surface area contributed by atoms with Gasteiger partial charge in [0.2, 0.25) is 0 Å². The number of fused-ring (bicyclic) bond motifs is 1. The molecule has 1 fully saturated rings. The van der Waals surface area contributed by atoms with Gasteiger partial charge in [-0.3, -0.25) is 4.79 Å². The average molecular weight is 364 g/mol. The molecule has 0 saturated carbocycles. The van der Waals surface area contributed by atoms with Crippen LogP contribution in [0.5, 0.6) is 0 Å². The molecular formula is C22H28N4O. The Morgan fingerprint density at radius 1 is 1.04 bits per heavy atom. The molecule has 2 aromatic rings. The summed E-state index contributed by atoms with van der Waals surface area (Å²) < 4.78 is 0. The second-order valence-corrected chi connectivity index (χ2v) is 7.69. The van der Waals surface area contributed by atoms with E-state index in [1.807, 2.05) is 12.3 Å². The molecular weight excluding hydrogens is 336 g/mol. The Morgan fingerprint density at radius 2 is 1.93 bits per heavy atom. The summed E-state index contributed by atoms with van der Waals surface area (Å²) in [6, 6.07) is 10.2. The quantitative estimate of drug-likeness (QED) is 0.906. The van der Waals surface area contributed by atoms with Gasteiger partial charge in [-0.15, -0.1) is 0 Å². The number of nitrogens with one attached hydrogen (secondary N) is 1. The first-order chi connectivity index (χ1) is 13.2. The highest BCUT2D eigenvalue weighted by Gasteiger charge is 2.15. The van der Waals surface area contributed by atoms with Gasteiger partial charge in [-0.2, -0.15) is 0 Å². The molecule has 0 atom stereocenters. The number of aromatic nitrogens is 1. The van der Waals surface area contributed by atoms with E-state index in [-0.39, 0.29) is 5.91 Å². The van der Waals surface area contributed by atoms with Crippen LogP contribution in [-0.2, 0) is 19.4 Å². The largest absolute Gasteiger partial charge is 0.355 e. The summed E-state index contributed by atoms with van der Waals surface area (Å²) in [4.78, 5) is 21.8. The average Bonchev–Trinajstić information content (AvgIpc) is 3.06. The minimum absolute atomic E-state index is 0.00988. The molecule has 1 N–H and O–H groups in total. The zero-order chi connectivity index (χ0) is 18.6. The molecule has 2 heterocycles. The number of carbonyl (C=O) groups excluding carboxylic acids is 1. The topological polar surface area (TPSA) is 48.5 Å². The van der Waals surface area contributed by atoms with Gasteiger partial charge >= 0.3 is 0 Å². The fraction of sp³-hybridized carbons (Fsp3) is 0.455. The van der Waals surface area contributed by atoms with Gasteiger partial charge in [0.1, 0.15) is 5.82 Å². The van der Waals surface area contributed by atoms with Crippen LogP contribution in [0.15, 0.2) is 36.5 Å². The van der Waals surface area contributed by atoms with Gasteiger partial charge in [0, 0.05) is 37.9 Å². The molecule has 0 radical (unpaired) electrons. The maximum Gasteiger partial charge on any atom is 0.251 e. The fourth-order valence-electron chi connectivity index (χ4n) is 3.98. The number of carbonyl (C=O) groups is 1. The Bertz CT molecular complexity index is 802. The summed E-state index contributed by atoms with van der Waals surface area (Å²) in [5.41, 5.74) is 4.51. The first-order valence-corrected chi connectivity index (χ1v) is 9.97. The van der Waals surface area contributed by atoms with Crippen LogP contribution >= 0.6 is 0 Å². The summed E-state index contributed by atoms with van der Waals surface area (Å²) >= 11 is 0. The third-order valence-corrected chi connectivity index (χ3v) is 5.67. The first kappa shape index (κ1) is 18.0. The molecule has 1 amide bonds. The lowest BCUT2D eigenvalue weighted by Crippen LogP contribution is -2.29. The Kier molecular flexibility index (Phi) is 5.39. The number of amides is 1. The van der Waals surface area contributed by atoms with Crippen molar-refractivity contribution in [3.05, 3.63) is 58.8 Å². The third kappa shape index (κ3) is 4.30. The predicted molar refractivity (Wildman–Crippen MR) is 108 cm³/mol. The van der Waals surface area contributed by atoms with Crippen LogP contribution in [0.2, 0.25) is 0 Å². The van der Waals surface area contributed by atoms with E-state index in [4.69, 9.17) is 0 Å². The van der Waals surface area contributed by atoms with Gasteiger partial charge in [-0.1, -0.05) is 12.1 Å². The standard InChI is InChI=1S/C22H28N4O/c1-25-10-3-11-26(13-12-25)21-9-6-17(15-23-21)16-24-22(27)20-8-7-18-4-2-5-19(18)14-20/h6-9,14-15H,2-5,10-13,16H2,1H3,(H,24,27). The van der Waals surface area contributed by atoms with Crippen LogP contribution in [0, 0.1) is 0 Å². The maximum absolute atomic E-state index is 12.5. The molecule has 1 aromatic heterocycles. The van der Waals surface area contributed by atoms with E-state index >= 15 is 0 Å². The zero-order valence-corrected chi connectivity index (χ0v) is 16.1. The molecule has 0 spiro atoms. The van der Waals surface area contributed by atoms with Crippen molar-refractivity contribution < 1.29 is 4.79 Å². The highest BCUT2D eigenvalue weighted by molar-refractivity contribution is 5.94. The molecule has 1 aromatic carbocycles. The summed E-state index contributed by atoms with van der Waals surface area (Å²) in [5, 5.41) is 3.02. The third-order valence-electron chi connectivity index (χ3n) is 5.67. The van der Waals surface area contributed by atoms with E-state index in [2.05, 4.69) is 51.4 Å². The Balaban J connectivity index is 1.34. The minimum atomic E-state index is -0.00988. The van der Waals surface area contributed by atoms with Gasteiger partial charge in [0.25, 0.3) is 5.91 Å². The number of nitrogens with zero attached hydrogens (tertiary/aromatic N) is 3. The first-order valence-electron chi connectivity index (χ1n) is 9.97. The molecule has 5 nitrogen and oxygen atoms in total. The lowest BCUT2D eigenvalue weighted by atomic mass is 10.1. The molecule has 4 rings (SSSR count). The van der Waals surface area contributed by atoms with Crippen molar-refractivity contribution in [3.63, 3.8) is 0 Å². The summed E-state index contributed by atoms with van der Waals surface area (Å²) in [6.45, 7) is 4.78. The summed E-state index contributed by atoms with van der Waals surface area (Å²) in [5.74, 6) is 1.02. The second-order valence-electron chi connectivity index (χ2n) is 7.69.